The average Bonchev–Trinajstić information content (AvgIpc) is 2.86. The molecular formula is C21H28O6. The molecule has 7 atom stereocenters. The van der Waals surface area contributed by atoms with Crippen molar-refractivity contribution in [3.8, 4) is 0 Å². The summed E-state index contributed by atoms with van der Waals surface area (Å²) in [6.07, 6.45) is 4.75. The van der Waals surface area contributed by atoms with E-state index in [-0.39, 0.29) is 36.4 Å². The fourth-order valence-electron chi connectivity index (χ4n) is 6.95. The number of hydrogen-bond acceptors (Lipinski definition) is 6. The van der Waals surface area contributed by atoms with Crippen LogP contribution in [0.1, 0.15) is 46.0 Å². The third-order valence-corrected chi connectivity index (χ3v) is 8.29. The van der Waals surface area contributed by atoms with Gasteiger partial charge >= 0.3 is 0 Å². The highest BCUT2D eigenvalue weighted by Crippen LogP contribution is 2.67. The second-order valence-electron chi connectivity index (χ2n) is 9.35. The summed E-state index contributed by atoms with van der Waals surface area (Å²) < 4.78 is 0. The number of hydrogen-bond donors (Lipinski definition) is 4. The lowest BCUT2D eigenvalue weighted by Crippen LogP contribution is -2.62. The Morgan fingerprint density at radius 3 is 2.63 bits per heavy atom. The topological polar surface area (TPSA) is 115 Å². The molecular weight excluding hydrogens is 348 g/mol. The van der Waals surface area contributed by atoms with Crippen LogP contribution in [0.3, 0.4) is 0 Å². The Labute approximate surface area is 158 Å². The van der Waals surface area contributed by atoms with Gasteiger partial charge in [0.1, 0.15) is 5.60 Å². The smallest absolute Gasteiger partial charge is 0.220 e. The number of fused-ring (bicyclic) bond motifs is 5. The minimum atomic E-state index is -2.22. The van der Waals surface area contributed by atoms with Crippen molar-refractivity contribution in [2.75, 3.05) is 0 Å². The SMILES string of the molecule is C[C@]12C=CC(=O)C=C1CC[C@@H]1[C@@H]2[C@H](O)C[C@]2(C)[C@H]1CC[C@]2(O)C(=O)C(O)O. The highest BCUT2D eigenvalue weighted by molar-refractivity contribution is 6.01. The van der Waals surface area contributed by atoms with Gasteiger partial charge < -0.3 is 20.4 Å². The maximum atomic E-state index is 12.4. The second kappa shape index (κ2) is 5.83. The molecule has 27 heavy (non-hydrogen) atoms. The minimum absolute atomic E-state index is 0.00278. The monoisotopic (exact) mass is 376 g/mol. The first-order chi connectivity index (χ1) is 12.5. The van der Waals surface area contributed by atoms with Crippen LogP contribution < -0.4 is 0 Å². The molecule has 4 aliphatic carbocycles. The van der Waals surface area contributed by atoms with Gasteiger partial charge in [0.15, 0.2) is 5.78 Å². The molecule has 4 N–H and O–H groups in total. The average molecular weight is 376 g/mol. The van der Waals surface area contributed by atoms with Crippen LogP contribution in [0, 0.1) is 28.6 Å². The molecule has 4 aliphatic rings. The summed E-state index contributed by atoms with van der Waals surface area (Å²) in [6, 6.07) is 0. The van der Waals surface area contributed by atoms with E-state index in [2.05, 4.69) is 6.92 Å². The number of aliphatic hydroxyl groups excluding tert-OH is 2. The van der Waals surface area contributed by atoms with Crippen molar-refractivity contribution < 1.29 is 30.0 Å². The van der Waals surface area contributed by atoms with Gasteiger partial charge in [-0.2, -0.15) is 0 Å². The van der Waals surface area contributed by atoms with Gasteiger partial charge in [0.05, 0.1) is 6.10 Å². The Balaban J connectivity index is 1.74. The Kier molecular flexibility index (Phi) is 4.10. The minimum Gasteiger partial charge on any atom is -0.393 e. The third kappa shape index (κ3) is 2.33. The Morgan fingerprint density at radius 1 is 1.26 bits per heavy atom. The first kappa shape index (κ1) is 19.0. The zero-order valence-electron chi connectivity index (χ0n) is 15.8. The van der Waals surface area contributed by atoms with Gasteiger partial charge in [-0.3, -0.25) is 9.59 Å². The van der Waals surface area contributed by atoms with E-state index in [0.29, 0.717) is 6.42 Å². The number of Topliss-reactive ketones (excluding diaryl/α,β-unsaturated/α-hetero) is 1. The Morgan fingerprint density at radius 2 is 1.96 bits per heavy atom. The summed E-state index contributed by atoms with van der Waals surface area (Å²) in [5.41, 5.74) is -2.10. The van der Waals surface area contributed by atoms with Crippen molar-refractivity contribution in [2.24, 2.45) is 28.6 Å². The van der Waals surface area contributed by atoms with Crippen LogP contribution in [0.25, 0.3) is 0 Å². The standard InChI is InChI=1S/C21H28O6/c1-19-7-5-12(22)9-11(19)3-4-13-14-6-8-21(27,17(24)18(25)26)20(14,2)10-15(23)16(13)19/h5,7,9,13-16,18,23,25-27H,3-4,6,8,10H2,1-2H3/t13-,14-,15+,16+,19-,20+,21-/m0/s1. The lowest BCUT2D eigenvalue weighted by molar-refractivity contribution is -0.194. The maximum Gasteiger partial charge on any atom is 0.220 e. The zero-order valence-corrected chi connectivity index (χ0v) is 15.8. The summed E-state index contributed by atoms with van der Waals surface area (Å²) in [5, 5.41) is 41.1. The molecule has 0 bridgehead atoms. The van der Waals surface area contributed by atoms with E-state index in [1.165, 1.54) is 0 Å². The third-order valence-electron chi connectivity index (χ3n) is 8.29. The summed E-state index contributed by atoms with van der Waals surface area (Å²) >= 11 is 0. The molecule has 6 heteroatoms. The molecule has 4 rings (SSSR count). The van der Waals surface area contributed by atoms with Gasteiger partial charge in [-0.1, -0.05) is 25.5 Å². The fraction of sp³-hybridized carbons (Fsp3) is 0.714. The lowest BCUT2D eigenvalue weighted by Gasteiger charge is -2.59. The number of allylic oxidation sites excluding steroid dienone is 4. The van der Waals surface area contributed by atoms with Gasteiger partial charge in [-0.25, -0.2) is 0 Å². The van der Waals surface area contributed by atoms with Crippen LogP contribution >= 0.6 is 0 Å². The quantitative estimate of drug-likeness (QED) is 0.532. The number of carbonyl (C=O) groups is 2. The van der Waals surface area contributed by atoms with Gasteiger partial charge in [-0.15, -0.1) is 0 Å². The van der Waals surface area contributed by atoms with Gasteiger partial charge in [0, 0.05) is 16.7 Å². The van der Waals surface area contributed by atoms with Crippen molar-refractivity contribution in [3.05, 3.63) is 23.8 Å². The molecule has 3 fully saturated rings. The second-order valence-corrected chi connectivity index (χ2v) is 9.35. The van der Waals surface area contributed by atoms with Crippen molar-refractivity contribution >= 4 is 11.6 Å². The first-order valence-corrected chi connectivity index (χ1v) is 9.80. The number of rotatable bonds is 2. The Hall–Kier alpha value is -1.34. The van der Waals surface area contributed by atoms with E-state index in [1.54, 1.807) is 19.1 Å². The highest BCUT2D eigenvalue weighted by atomic mass is 16.5. The largest absolute Gasteiger partial charge is 0.393 e. The van der Waals surface area contributed by atoms with Crippen LogP contribution in [0.4, 0.5) is 0 Å². The molecule has 3 saturated carbocycles. The van der Waals surface area contributed by atoms with Crippen molar-refractivity contribution in [1.29, 1.82) is 0 Å². The highest BCUT2D eigenvalue weighted by Gasteiger charge is 2.68. The van der Waals surface area contributed by atoms with E-state index in [4.69, 9.17) is 0 Å². The van der Waals surface area contributed by atoms with Crippen LogP contribution in [0.5, 0.6) is 0 Å². The van der Waals surface area contributed by atoms with E-state index in [1.807, 2.05) is 6.08 Å². The molecule has 0 aliphatic heterocycles. The number of aliphatic hydroxyl groups is 4. The van der Waals surface area contributed by atoms with Crippen molar-refractivity contribution in [1.82, 2.24) is 0 Å². The molecule has 0 radical (unpaired) electrons. The molecule has 6 nitrogen and oxygen atoms in total. The first-order valence-electron chi connectivity index (χ1n) is 9.80. The molecule has 0 spiro atoms. The van der Waals surface area contributed by atoms with Crippen LogP contribution in [0.2, 0.25) is 0 Å². The van der Waals surface area contributed by atoms with Crippen LogP contribution in [-0.4, -0.2) is 50.0 Å². The van der Waals surface area contributed by atoms with Gasteiger partial charge in [-0.05, 0) is 56.1 Å². The summed E-state index contributed by atoms with van der Waals surface area (Å²) in [5.74, 6) is -0.978. The van der Waals surface area contributed by atoms with Crippen LogP contribution in [-0.2, 0) is 9.59 Å². The molecule has 0 aromatic carbocycles. The molecule has 0 saturated heterocycles. The van der Waals surface area contributed by atoms with E-state index >= 15 is 0 Å². The molecule has 0 aromatic rings. The summed E-state index contributed by atoms with van der Waals surface area (Å²) in [7, 11) is 0. The van der Waals surface area contributed by atoms with Gasteiger partial charge in [0.25, 0.3) is 0 Å². The van der Waals surface area contributed by atoms with Crippen molar-refractivity contribution in [3.63, 3.8) is 0 Å². The molecule has 0 aromatic heterocycles. The predicted octanol–water partition coefficient (Wildman–Crippen LogP) is 0.876. The normalized spacial score (nSPS) is 48.7. The summed E-state index contributed by atoms with van der Waals surface area (Å²) in [4.78, 5) is 24.2. The van der Waals surface area contributed by atoms with E-state index in [0.717, 1.165) is 18.4 Å². The molecule has 0 unspecified atom stereocenters. The van der Waals surface area contributed by atoms with E-state index < -0.39 is 34.6 Å². The van der Waals surface area contributed by atoms with Gasteiger partial charge in [0.2, 0.25) is 12.1 Å². The van der Waals surface area contributed by atoms with Crippen LogP contribution in [0.15, 0.2) is 23.8 Å². The van der Waals surface area contributed by atoms with E-state index in [9.17, 15) is 30.0 Å². The molecule has 0 heterocycles. The number of carbonyl (C=O) groups excluding carboxylic acids is 2. The maximum absolute atomic E-state index is 12.4. The van der Waals surface area contributed by atoms with Crippen molar-refractivity contribution in [2.45, 2.75) is 63.9 Å². The predicted molar refractivity (Wildman–Crippen MR) is 96.2 cm³/mol. The fourth-order valence-corrected chi connectivity index (χ4v) is 6.95. The number of ketones is 2. The Bertz CT molecular complexity index is 754. The summed E-state index contributed by atoms with van der Waals surface area (Å²) in [6.45, 7) is 3.87. The zero-order chi connectivity index (χ0) is 19.8. The molecule has 148 valence electrons. The molecule has 0 amide bonds. The lowest BCUT2D eigenvalue weighted by atomic mass is 9.46.